The molecule has 16 heavy (non-hydrogen) atoms. The lowest BCUT2D eigenvalue weighted by molar-refractivity contribution is 0.789. The van der Waals surface area contributed by atoms with Crippen molar-refractivity contribution in [2.45, 2.75) is 20.4 Å². The summed E-state index contributed by atoms with van der Waals surface area (Å²) in [4.78, 5) is 0. The van der Waals surface area contributed by atoms with Gasteiger partial charge in [0.25, 0.3) is 0 Å². The number of hydrogen-bond donors (Lipinski definition) is 0. The van der Waals surface area contributed by atoms with Gasteiger partial charge in [0.15, 0.2) is 0 Å². The van der Waals surface area contributed by atoms with Crippen LogP contribution in [-0.2, 0) is 6.54 Å². The lowest BCUT2D eigenvalue weighted by atomic mass is 10.2. The van der Waals surface area contributed by atoms with Crippen molar-refractivity contribution in [1.29, 1.82) is 0 Å². The minimum atomic E-state index is 0.979. The zero-order valence-electron chi connectivity index (χ0n) is 9.70. The van der Waals surface area contributed by atoms with Gasteiger partial charge in [-0.1, -0.05) is 24.1 Å². The Bertz CT molecular complexity index is 576. The van der Waals surface area contributed by atoms with Crippen LogP contribution in [0.4, 0.5) is 0 Å². The second kappa shape index (κ2) is 4.72. The van der Waals surface area contributed by atoms with Gasteiger partial charge in [-0.2, -0.15) is 0 Å². The van der Waals surface area contributed by atoms with Crippen LogP contribution in [-0.4, -0.2) is 4.57 Å². The molecule has 1 heteroatoms. The first-order chi connectivity index (χ1) is 7.86. The highest BCUT2D eigenvalue weighted by Gasteiger charge is 2.03. The summed E-state index contributed by atoms with van der Waals surface area (Å²) in [5, 5.41) is 1.29. The van der Waals surface area contributed by atoms with E-state index in [1.807, 2.05) is 13.0 Å². The zero-order valence-corrected chi connectivity index (χ0v) is 9.70. The topological polar surface area (TPSA) is 4.93 Å². The molecule has 0 amide bonds. The van der Waals surface area contributed by atoms with Gasteiger partial charge in [-0.25, -0.2) is 0 Å². The van der Waals surface area contributed by atoms with Crippen LogP contribution >= 0.6 is 0 Å². The normalized spacial score (nSPS) is 10.6. The van der Waals surface area contributed by atoms with Gasteiger partial charge < -0.3 is 4.57 Å². The summed E-state index contributed by atoms with van der Waals surface area (Å²) < 4.78 is 2.29. The lowest BCUT2D eigenvalue weighted by Gasteiger charge is -2.03. The minimum absolute atomic E-state index is 0.979. The standard InChI is InChI=1S/C15H15N/c1-3-5-6-10-14-12-13-9-7-8-11-15(13)16(14)4-2/h6-12H,4H2,1-2H3/b10-6-. The second-order valence-corrected chi connectivity index (χ2v) is 3.60. The van der Waals surface area contributed by atoms with Crippen molar-refractivity contribution in [2.24, 2.45) is 0 Å². The Labute approximate surface area is 96.4 Å². The van der Waals surface area contributed by atoms with E-state index in [1.165, 1.54) is 16.6 Å². The van der Waals surface area contributed by atoms with Crippen molar-refractivity contribution < 1.29 is 0 Å². The van der Waals surface area contributed by atoms with Crippen LogP contribution in [0.25, 0.3) is 17.0 Å². The summed E-state index contributed by atoms with van der Waals surface area (Å²) in [6, 6.07) is 10.6. The van der Waals surface area contributed by atoms with E-state index in [0.29, 0.717) is 0 Å². The summed E-state index contributed by atoms with van der Waals surface area (Å²) in [7, 11) is 0. The molecule has 0 aliphatic rings. The molecule has 1 aromatic carbocycles. The van der Waals surface area contributed by atoms with Crippen LogP contribution in [0.5, 0.6) is 0 Å². The number of allylic oxidation sites excluding steroid dienone is 1. The van der Waals surface area contributed by atoms with Crippen molar-refractivity contribution in [3.63, 3.8) is 0 Å². The van der Waals surface area contributed by atoms with Crippen molar-refractivity contribution in [3.05, 3.63) is 42.1 Å². The monoisotopic (exact) mass is 209 g/mol. The first-order valence-corrected chi connectivity index (χ1v) is 5.54. The Morgan fingerprint density at radius 3 is 2.88 bits per heavy atom. The van der Waals surface area contributed by atoms with Gasteiger partial charge in [0, 0.05) is 23.1 Å². The summed E-state index contributed by atoms with van der Waals surface area (Å²) >= 11 is 0. The van der Waals surface area contributed by atoms with Gasteiger partial charge in [0.2, 0.25) is 0 Å². The highest BCUT2D eigenvalue weighted by Crippen LogP contribution is 2.20. The summed E-state index contributed by atoms with van der Waals surface area (Å²) in [5.41, 5.74) is 2.50. The third-order valence-electron chi connectivity index (χ3n) is 2.64. The number of aryl methyl sites for hydroxylation is 1. The van der Waals surface area contributed by atoms with Crippen molar-refractivity contribution in [3.8, 4) is 11.8 Å². The molecule has 0 bridgehead atoms. The SMILES string of the molecule is CC#C/C=C\c1cc2ccccc2n1CC. The number of rotatable bonds is 2. The van der Waals surface area contributed by atoms with Gasteiger partial charge in [0.1, 0.15) is 0 Å². The third kappa shape index (κ3) is 1.87. The van der Waals surface area contributed by atoms with Crippen LogP contribution < -0.4 is 0 Å². The quantitative estimate of drug-likeness (QED) is 0.665. The van der Waals surface area contributed by atoms with Gasteiger partial charge in [-0.05, 0) is 38.1 Å². The maximum Gasteiger partial charge on any atom is 0.0485 e. The molecule has 0 fully saturated rings. The van der Waals surface area contributed by atoms with E-state index >= 15 is 0 Å². The first-order valence-electron chi connectivity index (χ1n) is 5.54. The van der Waals surface area contributed by atoms with Crippen molar-refractivity contribution >= 4 is 17.0 Å². The molecule has 0 aliphatic heterocycles. The first kappa shape index (κ1) is 10.6. The molecule has 0 unspecified atom stereocenters. The Kier molecular flexibility index (Phi) is 3.12. The minimum Gasteiger partial charge on any atom is -0.341 e. The molecule has 0 atom stereocenters. The number of para-hydroxylation sites is 1. The van der Waals surface area contributed by atoms with E-state index in [0.717, 1.165) is 6.54 Å². The molecule has 0 saturated heterocycles. The maximum absolute atomic E-state index is 2.95. The van der Waals surface area contributed by atoms with Gasteiger partial charge >= 0.3 is 0 Å². The van der Waals surface area contributed by atoms with Crippen LogP contribution in [0.2, 0.25) is 0 Å². The molecule has 1 aromatic heterocycles. The fourth-order valence-corrected chi connectivity index (χ4v) is 1.93. The molecule has 1 nitrogen and oxygen atoms in total. The van der Waals surface area contributed by atoms with E-state index in [9.17, 15) is 0 Å². The predicted octanol–water partition coefficient (Wildman–Crippen LogP) is 3.70. The number of fused-ring (bicyclic) bond motifs is 1. The second-order valence-electron chi connectivity index (χ2n) is 3.60. The van der Waals surface area contributed by atoms with Crippen LogP contribution in [0.3, 0.4) is 0 Å². The smallest absolute Gasteiger partial charge is 0.0485 e. The van der Waals surface area contributed by atoms with Crippen molar-refractivity contribution in [1.82, 2.24) is 4.57 Å². The van der Waals surface area contributed by atoms with Crippen LogP contribution in [0.15, 0.2) is 36.4 Å². The lowest BCUT2D eigenvalue weighted by Crippen LogP contribution is -1.95. The molecule has 0 N–H and O–H groups in total. The molecule has 2 rings (SSSR count). The Morgan fingerprint density at radius 2 is 2.12 bits per heavy atom. The van der Waals surface area contributed by atoms with E-state index < -0.39 is 0 Å². The molecule has 80 valence electrons. The fourth-order valence-electron chi connectivity index (χ4n) is 1.93. The molecular formula is C15H15N. The average Bonchev–Trinajstić information content (AvgIpc) is 2.67. The molecule has 1 heterocycles. The van der Waals surface area contributed by atoms with Crippen LogP contribution in [0.1, 0.15) is 19.5 Å². The molecule has 0 spiro atoms. The molecule has 2 aromatic rings. The summed E-state index contributed by atoms with van der Waals surface area (Å²) in [6.45, 7) is 4.99. The largest absolute Gasteiger partial charge is 0.341 e. The van der Waals surface area contributed by atoms with Crippen LogP contribution in [0, 0.1) is 11.8 Å². The Morgan fingerprint density at radius 1 is 1.31 bits per heavy atom. The van der Waals surface area contributed by atoms with E-state index in [2.05, 4.69) is 59.7 Å². The molecular weight excluding hydrogens is 194 g/mol. The van der Waals surface area contributed by atoms with E-state index in [4.69, 9.17) is 0 Å². The Balaban J connectivity index is 2.55. The molecule has 0 radical (unpaired) electrons. The zero-order chi connectivity index (χ0) is 11.4. The van der Waals surface area contributed by atoms with Crippen molar-refractivity contribution in [2.75, 3.05) is 0 Å². The fraction of sp³-hybridized carbons (Fsp3) is 0.200. The van der Waals surface area contributed by atoms with E-state index in [1.54, 1.807) is 0 Å². The van der Waals surface area contributed by atoms with Gasteiger partial charge in [0.05, 0.1) is 0 Å². The average molecular weight is 209 g/mol. The third-order valence-corrected chi connectivity index (χ3v) is 2.64. The highest BCUT2D eigenvalue weighted by atomic mass is 15.0. The molecule has 0 aliphatic carbocycles. The summed E-state index contributed by atoms with van der Waals surface area (Å²) in [6.07, 6.45) is 3.97. The predicted molar refractivity (Wildman–Crippen MR) is 70.1 cm³/mol. The number of benzene rings is 1. The number of hydrogen-bond acceptors (Lipinski definition) is 0. The highest BCUT2D eigenvalue weighted by molar-refractivity contribution is 5.83. The van der Waals surface area contributed by atoms with Gasteiger partial charge in [-0.3, -0.25) is 0 Å². The number of aromatic nitrogens is 1. The van der Waals surface area contributed by atoms with E-state index in [-0.39, 0.29) is 0 Å². The van der Waals surface area contributed by atoms with Gasteiger partial charge in [-0.15, -0.1) is 5.92 Å². The maximum atomic E-state index is 2.95. The Hall–Kier alpha value is -1.94. The summed E-state index contributed by atoms with van der Waals surface area (Å²) in [5.74, 6) is 5.81. The molecule has 0 saturated carbocycles. The number of nitrogens with zero attached hydrogens (tertiary/aromatic N) is 1.